The van der Waals surface area contributed by atoms with E-state index in [9.17, 15) is 4.79 Å². The zero-order valence-electron chi connectivity index (χ0n) is 13.1. The lowest BCUT2D eigenvalue weighted by atomic mass is 10.1. The maximum atomic E-state index is 12.2. The average molecular weight is 277 g/mol. The third-order valence-corrected chi connectivity index (χ3v) is 3.42. The Balaban J connectivity index is 2.53. The molecular formula is C16H27N3O. The fourth-order valence-electron chi connectivity index (χ4n) is 2.20. The molecule has 0 aliphatic rings. The molecule has 0 radical (unpaired) electrons. The predicted molar refractivity (Wildman–Crippen MR) is 84.2 cm³/mol. The number of carbonyl (C=O) groups excluding carboxylic acids is 1. The van der Waals surface area contributed by atoms with Crippen molar-refractivity contribution in [2.24, 2.45) is 0 Å². The SMILES string of the molecule is CCCCCCC(C)NC(=O)c1cnc(C)cc1NC. The van der Waals surface area contributed by atoms with Gasteiger partial charge in [-0.25, -0.2) is 0 Å². The molecule has 0 aliphatic heterocycles. The molecule has 1 atom stereocenters. The Labute approximate surface area is 122 Å². The van der Waals surface area contributed by atoms with Crippen LogP contribution in [0, 0.1) is 6.92 Å². The monoisotopic (exact) mass is 277 g/mol. The fourth-order valence-corrected chi connectivity index (χ4v) is 2.20. The fraction of sp³-hybridized carbons (Fsp3) is 0.625. The molecule has 0 saturated carbocycles. The van der Waals surface area contributed by atoms with Crippen LogP contribution in [0.4, 0.5) is 5.69 Å². The second kappa shape index (κ2) is 8.56. The van der Waals surface area contributed by atoms with Crippen molar-refractivity contribution >= 4 is 11.6 Å². The molecule has 0 aliphatic carbocycles. The largest absolute Gasteiger partial charge is 0.387 e. The van der Waals surface area contributed by atoms with Crippen molar-refractivity contribution < 1.29 is 4.79 Å². The minimum absolute atomic E-state index is 0.0511. The third-order valence-electron chi connectivity index (χ3n) is 3.42. The van der Waals surface area contributed by atoms with Crippen molar-refractivity contribution in [3.63, 3.8) is 0 Å². The molecule has 1 aromatic heterocycles. The highest BCUT2D eigenvalue weighted by molar-refractivity contribution is 5.99. The van der Waals surface area contributed by atoms with Gasteiger partial charge in [-0.3, -0.25) is 9.78 Å². The van der Waals surface area contributed by atoms with Gasteiger partial charge in [-0.15, -0.1) is 0 Å². The van der Waals surface area contributed by atoms with E-state index in [1.54, 1.807) is 6.20 Å². The second-order valence-electron chi connectivity index (χ2n) is 5.35. The Bertz CT molecular complexity index is 432. The number of amides is 1. The van der Waals surface area contributed by atoms with Gasteiger partial charge in [0.1, 0.15) is 0 Å². The maximum absolute atomic E-state index is 12.2. The number of hydrogen-bond acceptors (Lipinski definition) is 3. The Morgan fingerprint density at radius 1 is 1.35 bits per heavy atom. The molecule has 4 heteroatoms. The zero-order valence-corrected chi connectivity index (χ0v) is 13.1. The van der Waals surface area contributed by atoms with Crippen LogP contribution in [0.5, 0.6) is 0 Å². The van der Waals surface area contributed by atoms with Crippen molar-refractivity contribution in [2.45, 2.75) is 58.9 Å². The first kappa shape index (κ1) is 16.5. The summed E-state index contributed by atoms with van der Waals surface area (Å²) in [6.07, 6.45) is 7.58. The van der Waals surface area contributed by atoms with Gasteiger partial charge in [0.05, 0.1) is 11.3 Å². The number of anilines is 1. The Morgan fingerprint density at radius 3 is 2.75 bits per heavy atom. The van der Waals surface area contributed by atoms with Crippen LogP contribution in [-0.4, -0.2) is 24.0 Å². The molecule has 0 fully saturated rings. The smallest absolute Gasteiger partial charge is 0.255 e. The molecule has 0 bridgehead atoms. The summed E-state index contributed by atoms with van der Waals surface area (Å²) in [5.41, 5.74) is 2.34. The average Bonchev–Trinajstić information content (AvgIpc) is 2.43. The standard InChI is InChI=1S/C16H27N3O/c1-5-6-7-8-9-12(2)19-16(20)14-11-18-13(3)10-15(14)17-4/h10-12H,5-9H2,1-4H3,(H,17,18)(H,19,20). The minimum Gasteiger partial charge on any atom is -0.387 e. The van der Waals surface area contributed by atoms with Crippen molar-refractivity contribution in [1.82, 2.24) is 10.3 Å². The van der Waals surface area contributed by atoms with Gasteiger partial charge in [-0.1, -0.05) is 32.6 Å². The molecule has 1 amide bonds. The summed E-state index contributed by atoms with van der Waals surface area (Å²) in [4.78, 5) is 16.4. The number of nitrogens with one attached hydrogen (secondary N) is 2. The van der Waals surface area contributed by atoms with Gasteiger partial charge in [-0.05, 0) is 26.3 Å². The number of unbranched alkanes of at least 4 members (excludes halogenated alkanes) is 3. The number of carbonyl (C=O) groups is 1. The molecule has 0 saturated heterocycles. The van der Waals surface area contributed by atoms with E-state index in [1.165, 1.54) is 25.7 Å². The molecule has 2 N–H and O–H groups in total. The topological polar surface area (TPSA) is 54.0 Å². The van der Waals surface area contributed by atoms with Crippen LogP contribution in [0.1, 0.15) is 62.0 Å². The number of rotatable bonds is 8. The number of aromatic nitrogens is 1. The van der Waals surface area contributed by atoms with Gasteiger partial charge in [0.15, 0.2) is 0 Å². The lowest BCUT2D eigenvalue weighted by molar-refractivity contribution is 0.0938. The molecule has 4 nitrogen and oxygen atoms in total. The van der Waals surface area contributed by atoms with Gasteiger partial charge in [0.25, 0.3) is 5.91 Å². The number of pyridine rings is 1. The van der Waals surface area contributed by atoms with E-state index < -0.39 is 0 Å². The van der Waals surface area contributed by atoms with Crippen LogP contribution >= 0.6 is 0 Å². The summed E-state index contributed by atoms with van der Waals surface area (Å²) in [7, 11) is 1.82. The van der Waals surface area contributed by atoms with Gasteiger partial charge in [0.2, 0.25) is 0 Å². The molecular weight excluding hydrogens is 250 g/mol. The van der Waals surface area contributed by atoms with Crippen LogP contribution in [0.2, 0.25) is 0 Å². The van der Waals surface area contributed by atoms with E-state index in [0.29, 0.717) is 5.56 Å². The van der Waals surface area contributed by atoms with Crippen LogP contribution in [-0.2, 0) is 0 Å². The highest BCUT2D eigenvalue weighted by Crippen LogP contribution is 2.15. The molecule has 20 heavy (non-hydrogen) atoms. The van der Waals surface area contributed by atoms with Gasteiger partial charge < -0.3 is 10.6 Å². The Morgan fingerprint density at radius 2 is 2.10 bits per heavy atom. The summed E-state index contributed by atoms with van der Waals surface area (Å²) in [5.74, 6) is -0.0511. The summed E-state index contributed by atoms with van der Waals surface area (Å²) in [5, 5.41) is 6.10. The van der Waals surface area contributed by atoms with E-state index in [-0.39, 0.29) is 11.9 Å². The van der Waals surface area contributed by atoms with Gasteiger partial charge in [0, 0.05) is 25.0 Å². The number of nitrogens with zero attached hydrogens (tertiary/aromatic N) is 1. The summed E-state index contributed by atoms with van der Waals surface area (Å²) < 4.78 is 0. The predicted octanol–water partition coefficient (Wildman–Crippen LogP) is 3.52. The summed E-state index contributed by atoms with van der Waals surface area (Å²) >= 11 is 0. The van der Waals surface area contributed by atoms with Crippen molar-refractivity contribution in [3.8, 4) is 0 Å². The molecule has 1 aromatic rings. The minimum atomic E-state index is -0.0511. The van der Waals surface area contributed by atoms with Gasteiger partial charge >= 0.3 is 0 Å². The Kier molecular flexibility index (Phi) is 7.05. The van der Waals surface area contributed by atoms with E-state index >= 15 is 0 Å². The lowest BCUT2D eigenvalue weighted by Crippen LogP contribution is -2.33. The van der Waals surface area contributed by atoms with Crippen LogP contribution < -0.4 is 10.6 Å². The summed E-state index contributed by atoms with van der Waals surface area (Å²) in [6.45, 7) is 6.18. The highest BCUT2D eigenvalue weighted by atomic mass is 16.1. The normalized spacial score (nSPS) is 12.0. The molecule has 1 rings (SSSR count). The van der Waals surface area contributed by atoms with Crippen molar-refractivity contribution in [2.75, 3.05) is 12.4 Å². The zero-order chi connectivity index (χ0) is 15.0. The maximum Gasteiger partial charge on any atom is 0.255 e. The quantitative estimate of drug-likeness (QED) is 0.715. The first-order valence-electron chi connectivity index (χ1n) is 7.53. The highest BCUT2D eigenvalue weighted by Gasteiger charge is 2.13. The molecule has 0 aromatic carbocycles. The van der Waals surface area contributed by atoms with E-state index in [4.69, 9.17) is 0 Å². The van der Waals surface area contributed by atoms with Gasteiger partial charge in [-0.2, -0.15) is 0 Å². The van der Waals surface area contributed by atoms with E-state index in [0.717, 1.165) is 17.8 Å². The first-order chi connectivity index (χ1) is 9.58. The van der Waals surface area contributed by atoms with Crippen LogP contribution in [0.25, 0.3) is 0 Å². The molecule has 0 spiro atoms. The van der Waals surface area contributed by atoms with Crippen LogP contribution in [0.15, 0.2) is 12.3 Å². The van der Waals surface area contributed by atoms with Crippen molar-refractivity contribution in [1.29, 1.82) is 0 Å². The third kappa shape index (κ3) is 5.19. The number of aryl methyl sites for hydroxylation is 1. The molecule has 1 heterocycles. The van der Waals surface area contributed by atoms with E-state index in [2.05, 4.69) is 29.5 Å². The lowest BCUT2D eigenvalue weighted by Gasteiger charge is -2.15. The first-order valence-corrected chi connectivity index (χ1v) is 7.53. The van der Waals surface area contributed by atoms with Crippen LogP contribution in [0.3, 0.4) is 0 Å². The molecule has 1 unspecified atom stereocenters. The second-order valence-corrected chi connectivity index (χ2v) is 5.35. The van der Waals surface area contributed by atoms with E-state index in [1.807, 2.05) is 20.0 Å². The molecule has 112 valence electrons. The summed E-state index contributed by atoms with van der Waals surface area (Å²) in [6, 6.07) is 2.09. The number of hydrogen-bond donors (Lipinski definition) is 2. The Hall–Kier alpha value is -1.58. The van der Waals surface area contributed by atoms with Crippen molar-refractivity contribution in [3.05, 3.63) is 23.5 Å².